The summed E-state index contributed by atoms with van der Waals surface area (Å²) in [5.41, 5.74) is 1.82. The highest BCUT2D eigenvalue weighted by atomic mass is 35.5. The number of pyridine rings is 1. The van der Waals surface area contributed by atoms with Crippen molar-refractivity contribution in [2.45, 2.75) is 12.8 Å². The first-order valence-electron chi connectivity index (χ1n) is 5.53. The van der Waals surface area contributed by atoms with Crippen molar-refractivity contribution in [1.82, 2.24) is 4.98 Å². The minimum absolute atomic E-state index is 0.188. The Labute approximate surface area is 114 Å². The zero-order valence-electron chi connectivity index (χ0n) is 9.85. The Kier molecular flexibility index (Phi) is 4.33. The maximum atomic E-state index is 11.7. The van der Waals surface area contributed by atoms with Crippen LogP contribution in [0, 0.1) is 0 Å². The number of alkyl halides is 1. The molecule has 0 amide bonds. The van der Waals surface area contributed by atoms with Crippen LogP contribution in [0.1, 0.15) is 23.0 Å². The number of carbonyl (C=O) groups excluding carboxylic acids is 1. The summed E-state index contributed by atoms with van der Waals surface area (Å²) in [6.45, 7) is 2.11. The average Bonchev–Trinajstić information content (AvgIpc) is 2.92. The van der Waals surface area contributed by atoms with Crippen LogP contribution in [0.4, 0.5) is 0 Å². The summed E-state index contributed by atoms with van der Waals surface area (Å²) in [7, 11) is 0. The molecule has 0 bridgehead atoms. The molecule has 94 valence electrons. The maximum absolute atomic E-state index is 11.7. The van der Waals surface area contributed by atoms with Crippen molar-refractivity contribution in [3.63, 3.8) is 0 Å². The number of aromatic nitrogens is 1. The number of hydrogen-bond donors (Lipinski definition) is 0. The van der Waals surface area contributed by atoms with Gasteiger partial charge in [0, 0.05) is 0 Å². The average molecular weight is 282 g/mol. The van der Waals surface area contributed by atoms with Gasteiger partial charge < -0.3 is 4.74 Å². The molecule has 2 aromatic rings. The first kappa shape index (κ1) is 13.1. The lowest BCUT2D eigenvalue weighted by atomic mass is 10.1. The summed E-state index contributed by atoms with van der Waals surface area (Å²) >= 11 is 7.44. The number of esters is 1. The van der Waals surface area contributed by atoms with Crippen LogP contribution >= 0.6 is 22.9 Å². The molecule has 0 atom stereocenters. The van der Waals surface area contributed by atoms with E-state index in [1.165, 1.54) is 0 Å². The second-order valence-electron chi connectivity index (χ2n) is 3.52. The largest absolute Gasteiger partial charge is 0.462 e. The lowest BCUT2D eigenvalue weighted by molar-refractivity contribution is 0.0525. The zero-order valence-corrected chi connectivity index (χ0v) is 11.4. The first-order chi connectivity index (χ1) is 8.76. The molecular formula is C13H12ClNO2S. The smallest absolute Gasteiger partial charge is 0.340 e. The molecule has 2 aromatic heterocycles. The highest BCUT2D eigenvalue weighted by molar-refractivity contribution is 7.13. The molecule has 0 aromatic carbocycles. The van der Waals surface area contributed by atoms with Gasteiger partial charge in [-0.1, -0.05) is 6.07 Å². The predicted octanol–water partition coefficient (Wildman–Crippen LogP) is 3.73. The minimum Gasteiger partial charge on any atom is -0.462 e. The van der Waals surface area contributed by atoms with Crippen LogP contribution in [0.5, 0.6) is 0 Å². The fourth-order valence-corrected chi connectivity index (χ4v) is 2.46. The van der Waals surface area contributed by atoms with Gasteiger partial charge in [0.15, 0.2) is 0 Å². The molecule has 0 N–H and O–H groups in total. The molecule has 0 saturated carbocycles. The Morgan fingerprint density at radius 1 is 1.44 bits per heavy atom. The second-order valence-corrected chi connectivity index (χ2v) is 4.74. The molecule has 2 rings (SSSR count). The van der Waals surface area contributed by atoms with E-state index < -0.39 is 0 Å². The molecule has 0 unspecified atom stereocenters. The monoisotopic (exact) mass is 281 g/mol. The van der Waals surface area contributed by atoms with Crippen molar-refractivity contribution >= 4 is 28.9 Å². The SMILES string of the molecule is CCOC(=O)c1ccc(-c2cccs2)nc1CCl. The Morgan fingerprint density at radius 3 is 2.89 bits per heavy atom. The lowest BCUT2D eigenvalue weighted by Crippen LogP contribution is -2.09. The summed E-state index contributed by atoms with van der Waals surface area (Å²) in [4.78, 5) is 17.2. The molecule has 0 spiro atoms. The van der Waals surface area contributed by atoms with E-state index in [9.17, 15) is 4.79 Å². The van der Waals surface area contributed by atoms with Crippen molar-refractivity contribution in [2.75, 3.05) is 6.61 Å². The van der Waals surface area contributed by atoms with Gasteiger partial charge in [0.25, 0.3) is 0 Å². The number of carbonyl (C=O) groups is 1. The van der Waals surface area contributed by atoms with Crippen molar-refractivity contribution in [3.8, 4) is 10.6 Å². The van der Waals surface area contributed by atoms with Crippen molar-refractivity contribution in [3.05, 3.63) is 40.9 Å². The molecule has 5 heteroatoms. The van der Waals surface area contributed by atoms with Gasteiger partial charge in [-0.2, -0.15) is 0 Å². The maximum Gasteiger partial charge on any atom is 0.340 e. The van der Waals surface area contributed by atoms with Gasteiger partial charge >= 0.3 is 5.97 Å². The van der Waals surface area contributed by atoms with E-state index in [4.69, 9.17) is 16.3 Å². The Hall–Kier alpha value is -1.39. The van der Waals surface area contributed by atoms with Gasteiger partial charge in [-0.25, -0.2) is 9.78 Å². The van der Waals surface area contributed by atoms with Gasteiger partial charge in [0.05, 0.1) is 34.3 Å². The Morgan fingerprint density at radius 2 is 2.28 bits per heavy atom. The molecule has 0 aliphatic heterocycles. The third-order valence-electron chi connectivity index (χ3n) is 2.37. The van der Waals surface area contributed by atoms with E-state index in [0.29, 0.717) is 17.9 Å². The normalized spacial score (nSPS) is 10.3. The van der Waals surface area contributed by atoms with E-state index >= 15 is 0 Å². The van der Waals surface area contributed by atoms with Crippen LogP contribution < -0.4 is 0 Å². The fourth-order valence-electron chi connectivity index (χ4n) is 1.56. The van der Waals surface area contributed by atoms with Crippen LogP contribution in [0.25, 0.3) is 10.6 Å². The molecular weight excluding hydrogens is 270 g/mol. The van der Waals surface area contributed by atoms with Crippen LogP contribution in [-0.4, -0.2) is 17.6 Å². The van der Waals surface area contributed by atoms with E-state index in [0.717, 1.165) is 10.6 Å². The summed E-state index contributed by atoms with van der Waals surface area (Å²) in [6.07, 6.45) is 0. The molecule has 18 heavy (non-hydrogen) atoms. The summed E-state index contributed by atoms with van der Waals surface area (Å²) in [6, 6.07) is 7.47. The predicted molar refractivity (Wildman–Crippen MR) is 73.1 cm³/mol. The fraction of sp³-hybridized carbons (Fsp3) is 0.231. The quantitative estimate of drug-likeness (QED) is 0.633. The number of rotatable bonds is 4. The molecule has 0 fully saturated rings. The van der Waals surface area contributed by atoms with E-state index in [-0.39, 0.29) is 11.8 Å². The van der Waals surface area contributed by atoms with Gasteiger partial charge in [-0.15, -0.1) is 22.9 Å². The highest BCUT2D eigenvalue weighted by Gasteiger charge is 2.14. The third kappa shape index (κ3) is 2.71. The minimum atomic E-state index is -0.377. The highest BCUT2D eigenvalue weighted by Crippen LogP contribution is 2.24. The van der Waals surface area contributed by atoms with E-state index in [1.54, 1.807) is 24.3 Å². The van der Waals surface area contributed by atoms with Gasteiger partial charge in [-0.05, 0) is 30.5 Å². The van der Waals surface area contributed by atoms with E-state index in [2.05, 4.69) is 4.98 Å². The number of halogens is 1. The second kappa shape index (κ2) is 5.98. The van der Waals surface area contributed by atoms with Crippen LogP contribution in [0.15, 0.2) is 29.6 Å². The molecule has 2 heterocycles. The van der Waals surface area contributed by atoms with Gasteiger partial charge in [-0.3, -0.25) is 0 Å². The number of hydrogen-bond acceptors (Lipinski definition) is 4. The number of nitrogens with zero attached hydrogens (tertiary/aromatic N) is 1. The molecule has 3 nitrogen and oxygen atoms in total. The van der Waals surface area contributed by atoms with E-state index in [1.807, 2.05) is 23.6 Å². The van der Waals surface area contributed by atoms with Crippen molar-refractivity contribution in [2.24, 2.45) is 0 Å². The third-order valence-corrected chi connectivity index (χ3v) is 3.52. The first-order valence-corrected chi connectivity index (χ1v) is 6.94. The van der Waals surface area contributed by atoms with Crippen LogP contribution in [0.2, 0.25) is 0 Å². The van der Waals surface area contributed by atoms with Gasteiger partial charge in [0.2, 0.25) is 0 Å². The Bertz CT molecular complexity index is 540. The van der Waals surface area contributed by atoms with Crippen molar-refractivity contribution in [1.29, 1.82) is 0 Å². The number of thiophene rings is 1. The molecule has 0 aliphatic rings. The zero-order chi connectivity index (χ0) is 13.0. The van der Waals surface area contributed by atoms with Gasteiger partial charge in [0.1, 0.15) is 0 Å². The van der Waals surface area contributed by atoms with Crippen LogP contribution in [0.3, 0.4) is 0 Å². The number of ether oxygens (including phenoxy) is 1. The molecule has 0 aliphatic carbocycles. The summed E-state index contributed by atoms with van der Waals surface area (Å²) in [5.74, 6) is -0.189. The lowest BCUT2D eigenvalue weighted by Gasteiger charge is -2.07. The molecule has 0 saturated heterocycles. The summed E-state index contributed by atoms with van der Waals surface area (Å²) in [5, 5.41) is 1.98. The molecule has 0 radical (unpaired) electrons. The Balaban J connectivity index is 2.37. The standard InChI is InChI=1S/C13H12ClNO2S/c1-2-17-13(16)9-5-6-10(15-11(9)8-14)12-4-3-7-18-12/h3-7H,2,8H2,1H3. The topological polar surface area (TPSA) is 39.2 Å². The van der Waals surface area contributed by atoms with Crippen molar-refractivity contribution < 1.29 is 9.53 Å². The van der Waals surface area contributed by atoms with Crippen LogP contribution in [-0.2, 0) is 10.6 Å². The summed E-state index contributed by atoms with van der Waals surface area (Å²) < 4.78 is 4.97.